The van der Waals surface area contributed by atoms with Crippen LogP contribution in [0.3, 0.4) is 0 Å². The van der Waals surface area contributed by atoms with Crippen LogP contribution in [-0.2, 0) is 4.79 Å². The minimum Gasteiger partial charge on any atom is -0.326 e. The number of hydrogen-bond acceptors (Lipinski definition) is 3. The van der Waals surface area contributed by atoms with Gasteiger partial charge < -0.3 is 10.6 Å². The Morgan fingerprint density at radius 3 is 2.25 bits per heavy atom. The van der Waals surface area contributed by atoms with Crippen LogP contribution in [0.5, 0.6) is 0 Å². The predicted molar refractivity (Wildman–Crippen MR) is 77.7 cm³/mol. The molecule has 0 aliphatic rings. The van der Waals surface area contributed by atoms with Gasteiger partial charge in [-0.3, -0.25) is 9.59 Å². The largest absolute Gasteiger partial charge is 0.326 e. The van der Waals surface area contributed by atoms with Gasteiger partial charge in [0, 0.05) is 24.4 Å². The smallest absolute Gasteiger partial charge is 0.256 e. The van der Waals surface area contributed by atoms with Crippen molar-refractivity contribution in [3.63, 3.8) is 0 Å². The summed E-state index contributed by atoms with van der Waals surface area (Å²) in [6, 6.07) is 10.3. The molecule has 0 saturated carbocycles. The minimum absolute atomic E-state index is 0.147. The second-order valence-electron chi connectivity index (χ2n) is 4.43. The van der Waals surface area contributed by atoms with Crippen molar-refractivity contribution < 1.29 is 9.59 Å². The summed E-state index contributed by atoms with van der Waals surface area (Å²) >= 11 is 0. The number of carbonyl (C=O) groups excluding carboxylic acids is 2. The molecule has 2 rings (SSSR count). The van der Waals surface area contributed by atoms with Gasteiger partial charge in [-0.25, -0.2) is 4.98 Å². The van der Waals surface area contributed by atoms with Crippen molar-refractivity contribution in [3.05, 3.63) is 53.7 Å². The van der Waals surface area contributed by atoms with Crippen LogP contribution in [-0.4, -0.2) is 16.8 Å². The van der Waals surface area contributed by atoms with Crippen molar-refractivity contribution in [3.8, 4) is 0 Å². The highest BCUT2D eigenvalue weighted by Gasteiger charge is 2.06. The summed E-state index contributed by atoms with van der Waals surface area (Å²) in [6.45, 7) is 3.36. The van der Waals surface area contributed by atoms with Gasteiger partial charge in [0.15, 0.2) is 0 Å². The van der Waals surface area contributed by atoms with Crippen LogP contribution < -0.4 is 10.6 Å². The highest BCUT2D eigenvalue weighted by molar-refractivity contribution is 6.04. The molecular formula is C15H15N3O2. The van der Waals surface area contributed by atoms with Crippen molar-refractivity contribution in [2.45, 2.75) is 13.8 Å². The topological polar surface area (TPSA) is 71.1 Å². The normalized spacial score (nSPS) is 9.90. The molecule has 0 radical (unpaired) electrons. The first-order valence-electron chi connectivity index (χ1n) is 6.16. The molecule has 0 unspecified atom stereocenters. The van der Waals surface area contributed by atoms with Crippen LogP contribution in [0.2, 0.25) is 0 Å². The molecule has 102 valence electrons. The van der Waals surface area contributed by atoms with Crippen LogP contribution in [0, 0.1) is 6.92 Å². The number of anilines is 2. The second-order valence-corrected chi connectivity index (χ2v) is 4.43. The van der Waals surface area contributed by atoms with E-state index in [1.165, 1.54) is 6.92 Å². The molecule has 1 aromatic heterocycles. The summed E-state index contributed by atoms with van der Waals surface area (Å²) in [5.41, 5.74) is 2.19. The Balaban J connectivity index is 2.05. The number of carbonyl (C=O) groups is 2. The van der Waals surface area contributed by atoms with Gasteiger partial charge in [-0.05, 0) is 42.8 Å². The highest BCUT2D eigenvalue weighted by atomic mass is 16.2. The number of aryl methyl sites for hydroxylation is 1. The van der Waals surface area contributed by atoms with Gasteiger partial charge in [0.2, 0.25) is 5.91 Å². The molecule has 2 N–H and O–H groups in total. The average Bonchev–Trinajstić information content (AvgIpc) is 2.41. The molecule has 2 amide bonds. The molecule has 20 heavy (non-hydrogen) atoms. The fourth-order valence-electron chi connectivity index (χ4n) is 1.64. The number of aromatic nitrogens is 1. The fraction of sp³-hybridized carbons (Fsp3) is 0.133. The number of hydrogen-bond donors (Lipinski definition) is 2. The third-order valence-corrected chi connectivity index (χ3v) is 2.62. The molecule has 0 spiro atoms. The first kappa shape index (κ1) is 13.7. The molecule has 0 aliphatic carbocycles. The zero-order valence-corrected chi connectivity index (χ0v) is 11.3. The molecule has 0 saturated heterocycles. The molecule has 1 aromatic carbocycles. The maximum Gasteiger partial charge on any atom is 0.256 e. The predicted octanol–water partition coefficient (Wildman–Crippen LogP) is 2.60. The SMILES string of the molecule is CC(=O)Nc1ccc(C(=O)Nc2ccc(C)cn2)cc1. The van der Waals surface area contributed by atoms with Gasteiger partial charge in [-0.1, -0.05) is 6.07 Å². The molecular weight excluding hydrogens is 254 g/mol. The molecule has 2 aromatic rings. The molecule has 0 fully saturated rings. The fourth-order valence-corrected chi connectivity index (χ4v) is 1.64. The Hall–Kier alpha value is -2.69. The minimum atomic E-state index is -0.240. The summed E-state index contributed by atoms with van der Waals surface area (Å²) < 4.78 is 0. The van der Waals surface area contributed by atoms with Gasteiger partial charge in [0.1, 0.15) is 5.82 Å². The monoisotopic (exact) mass is 269 g/mol. The van der Waals surface area contributed by atoms with Crippen molar-refractivity contribution in [2.75, 3.05) is 10.6 Å². The van der Waals surface area contributed by atoms with Crippen LogP contribution >= 0.6 is 0 Å². The summed E-state index contributed by atoms with van der Waals surface area (Å²) in [5, 5.41) is 5.35. The van der Waals surface area contributed by atoms with E-state index in [0.29, 0.717) is 17.1 Å². The van der Waals surface area contributed by atoms with Crippen molar-refractivity contribution >= 4 is 23.3 Å². The molecule has 5 heteroatoms. The molecule has 0 aliphatic heterocycles. The lowest BCUT2D eigenvalue weighted by Crippen LogP contribution is -2.13. The van der Waals surface area contributed by atoms with Crippen LogP contribution in [0.15, 0.2) is 42.6 Å². The number of benzene rings is 1. The highest BCUT2D eigenvalue weighted by Crippen LogP contribution is 2.11. The third-order valence-electron chi connectivity index (χ3n) is 2.62. The zero-order valence-electron chi connectivity index (χ0n) is 11.3. The van der Waals surface area contributed by atoms with E-state index in [9.17, 15) is 9.59 Å². The maximum absolute atomic E-state index is 12.0. The average molecular weight is 269 g/mol. The van der Waals surface area contributed by atoms with Gasteiger partial charge in [-0.2, -0.15) is 0 Å². The van der Waals surface area contributed by atoms with E-state index >= 15 is 0 Å². The maximum atomic E-state index is 12.0. The van der Waals surface area contributed by atoms with Gasteiger partial charge in [0.05, 0.1) is 0 Å². The second kappa shape index (κ2) is 5.97. The van der Waals surface area contributed by atoms with E-state index in [0.717, 1.165) is 5.56 Å². The standard InChI is InChI=1S/C15H15N3O2/c1-10-3-8-14(16-9-10)18-15(20)12-4-6-13(7-5-12)17-11(2)19/h3-9H,1-2H3,(H,17,19)(H,16,18,20). The summed E-state index contributed by atoms with van der Waals surface area (Å²) in [6.07, 6.45) is 1.69. The number of amides is 2. The summed E-state index contributed by atoms with van der Waals surface area (Å²) in [7, 11) is 0. The van der Waals surface area contributed by atoms with Gasteiger partial charge in [-0.15, -0.1) is 0 Å². The Morgan fingerprint density at radius 2 is 1.70 bits per heavy atom. The Labute approximate surface area is 117 Å². The van der Waals surface area contributed by atoms with Crippen LogP contribution in [0.25, 0.3) is 0 Å². The summed E-state index contributed by atoms with van der Waals surface area (Å²) in [4.78, 5) is 27.0. The van der Waals surface area contributed by atoms with Gasteiger partial charge >= 0.3 is 0 Å². The Morgan fingerprint density at radius 1 is 1.00 bits per heavy atom. The first-order chi connectivity index (χ1) is 9.54. The number of nitrogens with zero attached hydrogens (tertiary/aromatic N) is 1. The zero-order chi connectivity index (χ0) is 14.5. The third kappa shape index (κ3) is 3.65. The van der Waals surface area contributed by atoms with Crippen LogP contribution in [0.1, 0.15) is 22.8 Å². The van der Waals surface area contributed by atoms with E-state index in [1.807, 2.05) is 13.0 Å². The van der Waals surface area contributed by atoms with E-state index < -0.39 is 0 Å². The van der Waals surface area contributed by atoms with Crippen molar-refractivity contribution in [2.24, 2.45) is 0 Å². The number of rotatable bonds is 3. The van der Waals surface area contributed by atoms with E-state index in [-0.39, 0.29) is 11.8 Å². The number of pyridine rings is 1. The molecule has 0 atom stereocenters. The Kier molecular flexibility index (Phi) is 4.10. The van der Waals surface area contributed by atoms with E-state index in [4.69, 9.17) is 0 Å². The van der Waals surface area contributed by atoms with Gasteiger partial charge in [0.25, 0.3) is 5.91 Å². The molecule has 1 heterocycles. The molecule has 5 nitrogen and oxygen atoms in total. The van der Waals surface area contributed by atoms with Crippen LogP contribution in [0.4, 0.5) is 11.5 Å². The summed E-state index contributed by atoms with van der Waals surface area (Å²) in [5.74, 6) is 0.119. The van der Waals surface area contributed by atoms with E-state index in [1.54, 1.807) is 36.5 Å². The Bertz CT molecular complexity index is 619. The first-order valence-corrected chi connectivity index (χ1v) is 6.16. The van der Waals surface area contributed by atoms with E-state index in [2.05, 4.69) is 15.6 Å². The van der Waals surface area contributed by atoms with Crippen molar-refractivity contribution in [1.29, 1.82) is 0 Å². The van der Waals surface area contributed by atoms with Crippen molar-refractivity contribution in [1.82, 2.24) is 4.98 Å². The quantitative estimate of drug-likeness (QED) is 0.899. The number of nitrogens with one attached hydrogen (secondary N) is 2. The lowest BCUT2D eigenvalue weighted by molar-refractivity contribution is -0.114. The lowest BCUT2D eigenvalue weighted by atomic mass is 10.2. The molecule has 0 bridgehead atoms. The lowest BCUT2D eigenvalue weighted by Gasteiger charge is -2.06.